The first kappa shape index (κ1) is 21.8. The van der Waals surface area contributed by atoms with Gasteiger partial charge in [-0.3, -0.25) is 20.0 Å². The summed E-state index contributed by atoms with van der Waals surface area (Å²) in [5.41, 5.74) is 2.53. The Hall–Kier alpha value is -2.90. The standard InChI is InChI=1S/C23H30N4O3/c1-3-18-8-10-19(11-9-18)22(28)26-23(24-12-13-27-14-16-30-17-15-27)25-20-6-4-5-7-21(20)29-2/h4-11H,3,12-17H2,1-2H3,(H2,24,25,26,28). The van der Waals surface area contributed by atoms with Gasteiger partial charge in [-0.2, -0.15) is 0 Å². The van der Waals surface area contributed by atoms with E-state index in [1.54, 1.807) is 7.11 Å². The van der Waals surface area contributed by atoms with Crippen molar-refractivity contribution in [2.24, 2.45) is 4.99 Å². The molecule has 2 N–H and O–H groups in total. The Labute approximate surface area is 178 Å². The van der Waals surface area contributed by atoms with E-state index in [1.807, 2.05) is 48.5 Å². The topological polar surface area (TPSA) is 75.2 Å². The molecule has 2 aromatic rings. The highest BCUT2D eigenvalue weighted by Gasteiger charge is 2.13. The van der Waals surface area contributed by atoms with Gasteiger partial charge in [-0.05, 0) is 36.2 Å². The Bertz CT molecular complexity index is 846. The van der Waals surface area contributed by atoms with Gasteiger partial charge in [0.25, 0.3) is 5.91 Å². The van der Waals surface area contributed by atoms with Crippen LogP contribution in [-0.4, -0.2) is 63.3 Å². The van der Waals surface area contributed by atoms with Crippen molar-refractivity contribution in [1.29, 1.82) is 0 Å². The van der Waals surface area contributed by atoms with Gasteiger partial charge >= 0.3 is 0 Å². The molecule has 1 fully saturated rings. The normalized spacial score (nSPS) is 14.9. The first-order valence-electron chi connectivity index (χ1n) is 10.3. The van der Waals surface area contributed by atoms with Crippen molar-refractivity contribution in [3.05, 3.63) is 59.7 Å². The number of carbonyl (C=O) groups excluding carboxylic acids is 1. The Morgan fingerprint density at radius 1 is 1.13 bits per heavy atom. The predicted octanol–water partition coefficient (Wildman–Crippen LogP) is 2.79. The van der Waals surface area contributed by atoms with Gasteiger partial charge in [-0.25, -0.2) is 0 Å². The highest BCUT2D eigenvalue weighted by atomic mass is 16.5. The van der Waals surface area contributed by atoms with Gasteiger partial charge in [-0.1, -0.05) is 31.2 Å². The zero-order chi connectivity index (χ0) is 21.2. The molecule has 1 aliphatic rings. The first-order chi connectivity index (χ1) is 14.7. The summed E-state index contributed by atoms with van der Waals surface area (Å²) in [6, 6.07) is 15.2. The van der Waals surface area contributed by atoms with Crippen LogP contribution in [-0.2, 0) is 11.2 Å². The van der Waals surface area contributed by atoms with Gasteiger partial charge in [0, 0.05) is 25.2 Å². The molecular weight excluding hydrogens is 380 g/mol. The summed E-state index contributed by atoms with van der Waals surface area (Å²) in [5, 5.41) is 6.12. The molecule has 3 rings (SSSR count). The average Bonchev–Trinajstić information content (AvgIpc) is 2.80. The van der Waals surface area contributed by atoms with E-state index in [9.17, 15) is 4.79 Å². The smallest absolute Gasteiger partial charge is 0.257 e. The third kappa shape index (κ3) is 6.30. The molecule has 0 unspecified atom stereocenters. The van der Waals surface area contributed by atoms with Crippen LogP contribution in [0.25, 0.3) is 0 Å². The second kappa shape index (κ2) is 11.3. The number of hydrogen-bond acceptors (Lipinski definition) is 5. The van der Waals surface area contributed by atoms with Crippen molar-refractivity contribution in [3.63, 3.8) is 0 Å². The summed E-state index contributed by atoms with van der Waals surface area (Å²) in [6.07, 6.45) is 0.936. The third-order valence-electron chi connectivity index (χ3n) is 5.01. The number of ether oxygens (including phenoxy) is 2. The number of guanidine groups is 1. The number of nitrogens with zero attached hydrogens (tertiary/aromatic N) is 2. The molecule has 7 nitrogen and oxygen atoms in total. The molecule has 1 saturated heterocycles. The molecular formula is C23H30N4O3. The number of benzene rings is 2. The Morgan fingerprint density at radius 3 is 2.57 bits per heavy atom. The van der Waals surface area contributed by atoms with E-state index < -0.39 is 0 Å². The number of rotatable bonds is 7. The van der Waals surface area contributed by atoms with Crippen molar-refractivity contribution < 1.29 is 14.3 Å². The summed E-state index contributed by atoms with van der Waals surface area (Å²) in [7, 11) is 1.61. The maximum absolute atomic E-state index is 12.8. The van der Waals surface area contributed by atoms with Crippen LogP contribution in [0, 0.1) is 0 Å². The van der Waals surface area contributed by atoms with E-state index >= 15 is 0 Å². The lowest BCUT2D eigenvalue weighted by Gasteiger charge is -2.25. The van der Waals surface area contributed by atoms with Crippen LogP contribution in [0.3, 0.4) is 0 Å². The molecule has 0 radical (unpaired) electrons. The van der Waals surface area contributed by atoms with Gasteiger partial charge in [0.2, 0.25) is 5.96 Å². The maximum Gasteiger partial charge on any atom is 0.257 e. The third-order valence-corrected chi connectivity index (χ3v) is 5.01. The number of para-hydroxylation sites is 2. The van der Waals surface area contributed by atoms with Gasteiger partial charge in [0.15, 0.2) is 0 Å². The van der Waals surface area contributed by atoms with Crippen molar-refractivity contribution in [2.75, 3.05) is 51.8 Å². The van der Waals surface area contributed by atoms with Crippen molar-refractivity contribution in [1.82, 2.24) is 10.2 Å². The number of nitrogens with one attached hydrogen (secondary N) is 2. The minimum atomic E-state index is -0.204. The minimum absolute atomic E-state index is 0.204. The molecule has 30 heavy (non-hydrogen) atoms. The zero-order valence-electron chi connectivity index (χ0n) is 17.7. The van der Waals surface area contributed by atoms with Crippen LogP contribution in [0.1, 0.15) is 22.8 Å². The molecule has 7 heteroatoms. The number of methoxy groups -OCH3 is 1. The fraction of sp³-hybridized carbons (Fsp3) is 0.391. The quantitative estimate of drug-likeness (QED) is 0.542. The number of morpholine rings is 1. The fourth-order valence-electron chi connectivity index (χ4n) is 3.19. The highest BCUT2D eigenvalue weighted by Crippen LogP contribution is 2.22. The van der Waals surface area contributed by atoms with Gasteiger partial charge in [-0.15, -0.1) is 0 Å². The van der Waals surface area contributed by atoms with Crippen LogP contribution < -0.4 is 15.4 Å². The molecule has 0 saturated carbocycles. The largest absolute Gasteiger partial charge is 0.495 e. The van der Waals surface area contributed by atoms with E-state index in [1.165, 1.54) is 5.56 Å². The first-order valence-corrected chi connectivity index (χ1v) is 10.3. The summed E-state index contributed by atoms with van der Waals surface area (Å²) >= 11 is 0. The van der Waals surface area contributed by atoms with Crippen LogP contribution in [0.15, 0.2) is 53.5 Å². The number of anilines is 1. The van der Waals surface area contributed by atoms with Gasteiger partial charge in [0.05, 0.1) is 32.6 Å². The summed E-state index contributed by atoms with van der Waals surface area (Å²) in [5.74, 6) is 0.877. The Kier molecular flexibility index (Phi) is 8.23. The number of aryl methyl sites for hydroxylation is 1. The second-order valence-electron chi connectivity index (χ2n) is 7.01. The summed E-state index contributed by atoms with van der Waals surface area (Å²) in [6.45, 7) is 6.77. The number of aliphatic imine (C=N–C) groups is 1. The lowest BCUT2D eigenvalue weighted by atomic mass is 10.1. The van der Waals surface area contributed by atoms with Crippen LogP contribution in [0.2, 0.25) is 0 Å². The molecule has 0 aliphatic carbocycles. The average molecular weight is 411 g/mol. The second-order valence-corrected chi connectivity index (χ2v) is 7.01. The zero-order valence-corrected chi connectivity index (χ0v) is 17.7. The van der Waals surface area contributed by atoms with E-state index in [2.05, 4.69) is 27.4 Å². The molecule has 0 atom stereocenters. The minimum Gasteiger partial charge on any atom is -0.495 e. The molecule has 160 valence electrons. The monoisotopic (exact) mass is 410 g/mol. The maximum atomic E-state index is 12.8. The van der Waals surface area contributed by atoms with Crippen LogP contribution in [0.4, 0.5) is 5.69 Å². The SMILES string of the molecule is CCc1ccc(C(=O)NC(=NCCN2CCOCC2)Nc2ccccc2OC)cc1. The van der Waals surface area contributed by atoms with Crippen molar-refractivity contribution >= 4 is 17.6 Å². The van der Waals surface area contributed by atoms with E-state index in [0.717, 1.165) is 45.0 Å². The van der Waals surface area contributed by atoms with Crippen molar-refractivity contribution in [2.45, 2.75) is 13.3 Å². The molecule has 1 aliphatic heterocycles. The number of carbonyl (C=O) groups is 1. The molecule has 2 aromatic carbocycles. The Balaban J connectivity index is 1.71. The number of hydrogen-bond donors (Lipinski definition) is 2. The van der Waals surface area contributed by atoms with Gasteiger partial charge < -0.3 is 14.8 Å². The van der Waals surface area contributed by atoms with E-state index in [4.69, 9.17) is 9.47 Å². The van der Waals surface area contributed by atoms with E-state index in [0.29, 0.717) is 23.8 Å². The Morgan fingerprint density at radius 2 is 1.87 bits per heavy atom. The van der Waals surface area contributed by atoms with E-state index in [-0.39, 0.29) is 5.91 Å². The number of amides is 1. The summed E-state index contributed by atoms with van der Waals surface area (Å²) < 4.78 is 10.8. The van der Waals surface area contributed by atoms with Crippen LogP contribution >= 0.6 is 0 Å². The van der Waals surface area contributed by atoms with Crippen molar-refractivity contribution in [3.8, 4) is 5.75 Å². The lowest BCUT2D eigenvalue weighted by Crippen LogP contribution is -2.39. The lowest BCUT2D eigenvalue weighted by molar-refractivity contribution is 0.0394. The molecule has 0 spiro atoms. The summed E-state index contributed by atoms with van der Waals surface area (Å²) in [4.78, 5) is 19.7. The highest BCUT2D eigenvalue weighted by molar-refractivity contribution is 6.10. The predicted molar refractivity (Wildman–Crippen MR) is 119 cm³/mol. The molecule has 1 amide bonds. The van der Waals surface area contributed by atoms with Gasteiger partial charge in [0.1, 0.15) is 5.75 Å². The van der Waals surface area contributed by atoms with Crippen LogP contribution in [0.5, 0.6) is 5.75 Å². The molecule has 0 bridgehead atoms. The molecule has 0 aromatic heterocycles. The fourth-order valence-corrected chi connectivity index (χ4v) is 3.19. The molecule has 1 heterocycles.